The molecule has 0 amide bonds. The standard InChI is InChI=1S/C16H17ClFNO2S/c1-22(20,21)11-13-7-5-12(6-8-13)9-19-10-14-15(17)3-2-4-16(14)18/h2-8,19H,9-11H2,1H3. The summed E-state index contributed by atoms with van der Waals surface area (Å²) in [6.45, 7) is 0.875. The van der Waals surface area contributed by atoms with Crippen molar-refractivity contribution in [3.63, 3.8) is 0 Å². The Morgan fingerprint density at radius 2 is 1.68 bits per heavy atom. The van der Waals surface area contributed by atoms with Gasteiger partial charge in [-0.05, 0) is 23.3 Å². The van der Waals surface area contributed by atoms with Crippen molar-refractivity contribution < 1.29 is 12.8 Å². The first kappa shape index (κ1) is 16.9. The van der Waals surface area contributed by atoms with Gasteiger partial charge in [-0.25, -0.2) is 12.8 Å². The zero-order valence-corrected chi connectivity index (χ0v) is 13.7. The summed E-state index contributed by atoms with van der Waals surface area (Å²) in [7, 11) is -3.02. The molecule has 1 N–H and O–H groups in total. The van der Waals surface area contributed by atoms with Gasteiger partial charge in [0, 0.05) is 29.9 Å². The number of rotatable bonds is 6. The van der Waals surface area contributed by atoms with Crippen LogP contribution in [0, 0.1) is 5.82 Å². The van der Waals surface area contributed by atoms with Gasteiger partial charge in [0.15, 0.2) is 9.84 Å². The number of sulfone groups is 1. The van der Waals surface area contributed by atoms with Gasteiger partial charge in [0.2, 0.25) is 0 Å². The van der Waals surface area contributed by atoms with E-state index in [0.717, 1.165) is 11.1 Å². The summed E-state index contributed by atoms with van der Waals surface area (Å²) in [5.74, 6) is -0.297. The molecule has 0 aliphatic heterocycles. The number of halogens is 2. The molecule has 118 valence electrons. The molecule has 0 atom stereocenters. The molecule has 22 heavy (non-hydrogen) atoms. The predicted octanol–water partition coefficient (Wildman–Crippen LogP) is 3.31. The first-order chi connectivity index (χ1) is 10.3. The Kier molecular flexibility index (Phi) is 5.56. The van der Waals surface area contributed by atoms with Gasteiger partial charge in [0.05, 0.1) is 5.75 Å². The zero-order valence-electron chi connectivity index (χ0n) is 12.1. The zero-order chi connectivity index (χ0) is 16.2. The van der Waals surface area contributed by atoms with E-state index in [1.165, 1.54) is 12.3 Å². The average Bonchev–Trinajstić information content (AvgIpc) is 2.42. The maximum Gasteiger partial charge on any atom is 0.151 e. The van der Waals surface area contributed by atoms with Crippen molar-refractivity contribution in [1.82, 2.24) is 5.32 Å². The molecule has 2 rings (SSSR count). The van der Waals surface area contributed by atoms with Crippen molar-refractivity contribution in [1.29, 1.82) is 0 Å². The topological polar surface area (TPSA) is 46.2 Å². The minimum absolute atomic E-state index is 0.0333. The highest BCUT2D eigenvalue weighted by Crippen LogP contribution is 2.18. The van der Waals surface area contributed by atoms with Crippen molar-refractivity contribution >= 4 is 21.4 Å². The summed E-state index contributed by atoms with van der Waals surface area (Å²) < 4.78 is 36.0. The summed E-state index contributed by atoms with van der Waals surface area (Å²) in [5, 5.41) is 3.52. The summed E-state index contributed by atoms with van der Waals surface area (Å²) in [4.78, 5) is 0. The fourth-order valence-corrected chi connectivity index (χ4v) is 3.12. The van der Waals surface area contributed by atoms with Gasteiger partial charge >= 0.3 is 0 Å². The van der Waals surface area contributed by atoms with Crippen LogP contribution in [0.15, 0.2) is 42.5 Å². The first-order valence-electron chi connectivity index (χ1n) is 6.74. The third-order valence-corrected chi connectivity index (χ3v) is 4.36. The molecule has 0 aliphatic rings. The van der Waals surface area contributed by atoms with E-state index in [9.17, 15) is 12.8 Å². The van der Waals surface area contributed by atoms with E-state index in [0.29, 0.717) is 23.7 Å². The quantitative estimate of drug-likeness (QED) is 0.876. The lowest BCUT2D eigenvalue weighted by molar-refractivity contribution is 0.588. The normalized spacial score (nSPS) is 11.6. The molecule has 2 aromatic carbocycles. The Morgan fingerprint density at radius 1 is 1.05 bits per heavy atom. The molecule has 0 aromatic heterocycles. The third kappa shape index (κ3) is 5.09. The molecule has 0 saturated heterocycles. The van der Waals surface area contributed by atoms with E-state index < -0.39 is 9.84 Å². The van der Waals surface area contributed by atoms with Crippen molar-refractivity contribution in [3.05, 3.63) is 70.0 Å². The molecule has 3 nitrogen and oxygen atoms in total. The van der Waals surface area contributed by atoms with Crippen LogP contribution < -0.4 is 5.32 Å². The van der Waals surface area contributed by atoms with Crippen LogP contribution in [0.5, 0.6) is 0 Å². The van der Waals surface area contributed by atoms with Crippen LogP contribution >= 0.6 is 11.6 Å². The van der Waals surface area contributed by atoms with Crippen LogP contribution in [0.3, 0.4) is 0 Å². The lowest BCUT2D eigenvalue weighted by Gasteiger charge is -2.08. The van der Waals surface area contributed by atoms with E-state index >= 15 is 0 Å². The fraction of sp³-hybridized carbons (Fsp3) is 0.250. The van der Waals surface area contributed by atoms with E-state index in [4.69, 9.17) is 11.6 Å². The molecule has 6 heteroatoms. The van der Waals surface area contributed by atoms with Crippen molar-refractivity contribution in [2.45, 2.75) is 18.8 Å². The second-order valence-corrected chi connectivity index (χ2v) is 7.74. The summed E-state index contributed by atoms with van der Waals surface area (Å²) in [6, 6.07) is 11.9. The highest BCUT2D eigenvalue weighted by molar-refractivity contribution is 7.89. The van der Waals surface area contributed by atoms with Gasteiger partial charge < -0.3 is 5.32 Å². The number of hydrogen-bond acceptors (Lipinski definition) is 3. The average molecular weight is 342 g/mol. The Hall–Kier alpha value is -1.43. The largest absolute Gasteiger partial charge is 0.308 e. The monoisotopic (exact) mass is 341 g/mol. The molecule has 0 aliphatic carbocycles. The van der Waals surface area contributed by atoms with Crippen LogP contribution in [0.1, 0.15) is 16.7 Å². The Labute approximate surface area is 135 Å². The minimum Gasteiger partial charge on any atom is -0.308 e. The minimum atomic E-state index is -3.02. The Balaban J connectivity index is 1.92. The van der Waals surface area contributed by atoms with Gasteiger partial charge in [0.1, 0.15) is 5.82 Å². The van der Waals surface area contributed by atoms with Crippen LogP contribution in [0.25, 0.3) is 0 Å². The molecule has 0 saturated carbocycles. The van der Waals surface area contributed by atoms with Crippen LogP contribution in [-0.4, -0.2) is 14.7 Å². The maximum absolute atomic E-state index is 13.6. The lowest BCUT2D eigenvalue weighted by Crippen LogP contribution is -2.14. The van der Waals surface area contributed by atoms with Gasteiger partial charge in [-0.3, -0.25) is 0 Å². The molecule has 0 spiro atoms. The maximum atomic E-state index is 13.6. The lowest BCUT2D eigenvalue weighted by atomic mass is 10.1. The molecular weight excluding hydrogens is 325 g/mol. The molecule has 2 aromatic rings. The van der Waals surface area contributed by atoms with E-state index in [-0.39, 0.29) is 11.6 Å². The SMILES string of the molecule is CS(=O)(=O)Cc1ccc(CNCc2c(F)cccc2Cl)cc1. The molecule has 0 bridgehead atoms. The van der Waals surface area contributed by atoms with Crippen LogP contribution in [0.2, 0.25) is 5.02 Å². The second-order valence-electron chi connectivity index (χ2n) is 5.19. The molecular formula is C16H17ClFNO2S. The number of nitrogens with one attached hydrogen (secondary N) is 1. The molecule has 0 unspecified atom stereocenters. The fourth-order valence-electron chi connectivity index (χ4n) is 2.09. The first-order valence-corrected chi connectivity index (χ1v) is 9.18. The number of benzene rings is 2. The van der Waals surface area contributed by atoms with E-state index in [2.05, 4.69) is 5.32 Å². The van der Waals surface area contributed by atoms with Crippen LogP contribution in [-0.2, 0) is 28.7 Å². The van der Waals surface area contributed by atoms with Gasteiger partial charge in [0.25, 0.3) is 0 Å². The number of hydrogen-bond donors (Lipinski definition) is 1. The summed E-state index contributed by atoms with van der Waals surface area (Å²) in [6.07, 6.45) is 1.21. The van der Waals surface area contributed by atoms with Gasteiger partial charge in [-0.2, -0.15) is 0 Å². The predicted molar refractivity (Wildman–Crippen MR) is 86.9 cm³/mol. The smallest absolute Gasteiger partial charge is 0.151 e. The second kappa shape index (κ2) is 7.22. The van der Waals surface area contributed by atoms with Crippen LogP contribution in [0.4, 0.5) is 4.39 Å². The van der Waals surface area contributed by atoms with Gasteiger partial charge in [-0.1, -0.05) is 41.9 Å². The molecule has 0 fully saturated rings. The Morgan fingerprint density at radius 3 is 2.27 bits per heavy atom. The summed E-state index contributed by atoms with van der Waals surface area (Å²) >= 11 is 5.96. The van der Waals surface area contributed by atoms with Gasteiger partial charge in [-0.15, -0.1) is 0 Å². The van der Waals surface area contributed by atoms with E-state index in [1.54, 1.807) is 24.3 Å². The third-order valence-electron chi connectivity index (χ3n) is 3.14. The van der Waals surface area contributed by atoms with E-state index in [1.807, 2.05) is 12.1 Å². The van der Waals surface area contributed by atoms with Crippen molar-refractivity contribution in [2.24, 2.45) is 0 Å². The Bertz CT molecular complexity index is 725. The molecule has 0 heterocycles. The summed E-state index contributed by atoms with van der Waals surface area (Å²) in [5.41, 5.74) is 2.19. The van der Waals surface area contributed by atoms with Crippen molar-refractivity contribution in [3.8, 4) is 0 Å². The highest BCUT2D eigenvalue weighted by atomic mass is 35.5. The highest BCUT2D eigenvalue weighted by Gasteiger charge is 2.07. The van der Waals surface area contributed by atoms with Crippen molar-refractivity contribution in [2.75, 3.05) is 6.26 Å². The molecule has 0 radical (unpaired) electrons.